The molecule has 11 nitrogen and oxygen atoms in total. The molecule has 0 aliphatic carbocycles. The summed E-state index contributed by atoms with van der Waals surface area (Å²) in [7, 11) is 1.55. The van der Waals surface area contributed by atoms with Gasteiger partial charge in [0.25, 0.3) is 5.91 Å². The van der Waals surface area contributed by atoms with Crippen LogP contribution in [0.2, 0.25) is 0 Å². The summed E-state index contributed by atoms with van der Waals surface area (Å²) in [4.78, 5) is 59.1. The number of anilines is 1. The Balaban J connectivity index is 1.45. The van der Waals surface area contributed by atoms with Gasteiger partial charge in [-0.15, -0.1) is 0 Å². The molecule has 4 aliphatic rings. The number of aliphatic hydroxyl groups excluding tert-OH is 1. The third-order valence-electron chi connectivity index (χ3n) is 9.41. The fourth-order valence-electron chi connectivity index (χ4n) is 7.17. The summed E-state index contributed by atoms with van der Waals surface area (Å²) in [5, 5.41) is 13.2. The number of methoxy groups -OCH3 is 1. The number of rotatable bonds is 5. The molecule has 2 fully saturated rings. The van der Waals surface area contributed by atoms with E-state index in [0.717, 1.165) is 0 Å². The number of nitrogens with one attached hydrogen (secondary N) is 1. The van der Waals surface area contributed by atoms with E-state index in [-0.39, 0.29) is 18.9 Å². The monoisotopic (exact) mass is 629 g/mol. The molecule has 2 saturated heterocycles. The average Bonchev–Trinajstić information content (AvgIpc) is 3.72. The van der Waals surface area contributed by atoms with E-state index in [0.29, 0.717) is 23.4 Å². The molecule has 4 aliphatic heterocycles. The lowest BCUT2D eigenvalue weighted by molar-refractivity contribution is -0.161. The second-order valence-electron chi connectivity index (χ2n) is 12.3. The molecule has 2 N–H and O–H groups in total. The van der Waals surface area contributed by atoms with Crippen LogP contribution in [0.5, 0.6) is 5.75 Å². The van der Waals surface area contributed by atoms with Crippen molar-refractivity contribution in [2.75, 3.05) is 25.2 Å². The number of hydrogen-bond acceptors (Lipinski definition) is 8. The number of benzene rings is 2. The zero-order chi connectivity index (χ0) is 32.6. The Hall–Kier alpha value is -4.48. The van der Waals surface area contributed by atoms with Crippen LogP contribution in [0, 0.1) is 11.8 Å². The normalized spacial score (nSPS) is 32.6. The predicted octanol–water partition coefficient (Wildman–Crippen LogP) is 2.70. The van der Waals surface area contributed by atoms with Gasteiger partial charge in [0, 0.05) is 18.7 Å². The summed E-state index contributed by atoms with van der Waals surface area (Å²) in [6, 6.07) is 13.6. The smallest absolute Gasteiger partial charge is 0.313 e. The number of fused-ring (bicyclic) bond motifs is 2. The van der Waals surface area contributed by atoms with Gasteiger partial charge in [0.1, 0.15) is 29.4 Å². The minimum atomic E-state index is -1.45. The van der Waals surface area contributed by atoms with Gasteiger partial charge in [-0.1, -0.05) is 54.6 Å². The molecule has 8 atom stereocenters. The van der Waals surface area contributed by atoms with Crippen LogP contribution in [0.1, 0.15) is 38.4 Å². The molecule has 6 rings (SSSR count). The average molecular weight is 630 g/mol. The van der Waals surface area contributed by atoms with Crippen molar-refractivity contribution in [1.82, 2.24) is 10.2 Å². The zero-order valence-electron chi connectivity index (χ0n) is 26.1. The highest BCUT2D eigenvalue weighted by atomic mass is 16.6. The maximum atomic E-state index is 14.8. The van der Waals surface area contributed by atoms with Crippen LogP contribution < -0.4 is 15.0 Å². The van der Waals surface area contributed by atoms with Crippen LogP contribution in [-0.2, 0) is 28.7 Å². The molecule has 4 heterocycles. The Morgan fingerprint density at radius 2 is 1.78 bits per heavy atom. The number of allylic oxidation sites excluding steroid dienone is 1. The molecule has 2 aromatic rings. The highest BCUT2D eigenvalue weighted by molar-refractivity contribution is 6.05. The Morgan fingerprint density at radius 1 is 1.04 bits per heavy atom. The molecule has 0 aromatic heterocycles. The van der Waals surface area contributed by atoms with Crippen molar-refractivity contribution >= 4 is 29.4 Å². The van der Waals surface area contributed by atoms with Gasteiger partial charge in [-0.2, -0.15) is 0 Å². The van der Waals surface area contributed by atoms with Crippen molar-refractivity contribution in [3.8, 4) is 5.75 Å². The first-order valence-corrected chi connectivity index (χ1v) is 15.7. The first-order valence-electron chi connectivity index (χ1n) is 15.7. The molecule has 11 heteroatoms. The highest BCUT2D eigenvalue weighted by Crippen LogP contribution is 2.56. The van der Waals surface area contributed by atoms with Gasteiger partial charge in [-0.05, 0) is 50.1 Å². The summed E-state index contributed by atoms with van der Waals surface area (Å²) in [6.45, 7) is 3.19. The Labute approximate surface area is 267 Å². The topological polar surface area (TPSA) is 135 Å². The van der Waals surface area contributed by atoms with Crippen molar-refractivity contribution in [2.24, 2.45) is 11.8 Å². The van der Waals surface area contributed by atoms with Gasteiger partial charge < -0.3 is 34.4 Å². The molecule has 2 aromatic carbocycles. The molecular weight excluding hydrogens is 590 g/mol. The molecule has 0 saturated carbocycles. The van der Waals surface area contributed by atoms with Gasteiger partial charge in [-0.3, -0.25) is 19.2 Å². The number of esters is 1. The lowest BCUT2D eigenvalue weighted by Crippen LogP contribution is -2.58. The first kappa shape index (κ1) is 31.5. The number of ether oxygens (including phenoxy) is 3. The lowest BCUT2D eigenvalue weighted by atomic mass is 9.74. The number of carbonyl (C=O) groups is 4. The van der Waals surface area contributed by atoms with Crippen molar-refractivity contribution in [1.29, 1.82) is 0 Å². The van der Waals surface area contributed by atoms with Gasteiger partial charge in [0.15, 0.2) is 0 Å². The third kappa shape index (κ3) is 5.37. The first-order chi connectivity index (χ1) is 22.2. The summed E-state index contributed by atoms with van der Waals surface area (Å²) in [5.41, 5.74) is -0.203. The fourth-order valence-corrected chi connectivity index (χ4v) is 7.17. The van der Waals surface area contributed by atoms with E-state index >= 15 is 0 Å². The number of amides is 3. The summed E-state index contributed by atoms with van der Waals surface area (Å²) >= 11 is 0. The van der Waals surface area contributed by atoms with Crippen LogP contribution in [0.3, 0.4) is 0 Å². The van der Waals surface area contributed by atoms with E-state index in [2.05, 4.69) is 5.32 Å². The number of carbonyl (C=O) groups excluding carboxylic acids is 4. The number of nitrogens with zero attached hydrogens (tertiary/aromatic N) is 2. The molecule has 46 heavy (non-hydrogen) atoms. The second kappa shape index (κ2) is 12.7. The largest absolute Gasteiger partial charge is 0.497 e. The summed E-state index contributed by atoms with van der Waals surface area (Å²) in [6.07, 6.45) is 6.07. The number of likely N-dealkylation sites (tertiary alicyclic amines) is 1. The summed E-state index contributed by atoms with van der Waals surface area (Å²) < 4.78 is 18.0. The van der Waals surface area contributed by atoms with Crippen molar-refractivity contribution in [3.63, 3.8) is 0 Å². The molecule has 3 amide bonds. The minimum absolute atomic E-state index is 0.144. The Morgan fingerprint density at radius 3 is 2.48 bits per heavy atom. The number of hydrogen-bond donors (Lipinski definition) is 2. The molecule has 5 bridgehead atoms. The van der Waals surface area contributed by atoms with E-state index in [4.69, 9.17) is 14.2 Å². The molecule has 0 radical (unpaired) electrons. The van der Waals surface area contributed by atoms with Crippen LogP contribution in [0.4, 0.5) is 5.69 Å². The highest BCUT2D eigenvalue weighted by Gasteiger charge is 2.74. The van der Waals surface area contributed by atoms with Crippen molar-refractivity contribution < 1.29 is 38.5 Å². The fraction of sp³-hybridized carbons (Fsp3) is 0.429. The molecule has 242 valence electrons. The van der Waals surface area contributed by atoms with Gasteiger partial charge >= 0.3 is 5.97 Å². The van der Waals surface area contributed by atoms with Crippen LogP contribution in [0.25, 0.3) is 0 Å². The van der Waals surface area contributed by atoms with E-state index < -0.39 is 72.2 Å². The maximum absolute atomic E-state index is 14.8. The number of aliphatic hydroxyl groups is 1. The maximum Gasteiger partial charge on any atom is 0.313 e. The summed E-state index contributed by atoms with van der Waals surface area (Å²) in [5.74, 6) is -3.24. The molecule has 0 unspecified atom stereocenters. The second-order valence-corrected chi connectivity index (χ2v) is 12.3. The van der Waals surface area contributed by atoms with E-state index in [1.165, 1.54) is 4.90 Å². The molecule has 1 spiro atoms. The van der Waals surface area contributed by atoms with Crippen molar-refractivity contribution in [2.45, 2.75) is 62.6 Å². The van der Waals surface area contributed by atoms with E-state index in [1.54, 1.807) is 62.3 Å². The van der Waals surface area contributed by atoms with Crippen LogP contribution >= 0.6 is 0 Å². The van der Waals surface area contributed by atoms with Gasteiger partial charge in [0.2, 0.25) is 11.8 Å². The van der Waals surface area contributed by atoms with Gasteiger partial charge in [0.05, 0.1) is 37.8 Å². The standard InChI is InChI=1S/C35H39N3O8/c1-21(20-39)38-31-33(42)37(24-13-15-25(44-3)16-14-24)19-9-5-8-12-27(40)36-22(2)30(23-10-6-4-7-11-23)45-34(43)28-26-17-18-35(31,46-26)29(28)32(38)41/h4-7,9-11,13-18,21-22,26,28-31,39H,8,12,19-20H2,1-3H3,(H,36,40)/b9-5-/t21-,22+,26-,28+,29+,30-,31-,35+/m1/s1. The third-order valence-corrected chi connectivity index (χ3v) is 9.41. The Bertz CT molecular complexity index is 1540. The Kier molecular flexibility index (Phi) is 8.71. The van der Waals surface area contributed by atoms with E-state index in [9.17, 15) is 24.3 Å². The molecular formula is C35H39N3O8. The number of cyclic esters (lactones) is 1. The quantitative estimate of drug-likeness (QED) is 0.381. The predicted molar refractivity (Wildman–Crippen MR) is 168 cm³/mol. The SMILES string of the molecule is COc1ccc(N2C/C=C\CCC(=O)N[C@@H](C)[C@H](c3ccccc3)OC(=O)[C@@H]3[C@H]4C(=O)N([C@H](C)CO)[C@H](C2=O)[C@]42C=C[C@H]3O2)cc1. The zero-order valence-corrected chi connectivity index (χ0v) is 26.1. The van der Waals surface area contributed by atoms with E-state index in [1.807, 2.05) is 42.5 Å². The van der Waals surface area contributed by atoms with Gasteiger partial charge in [-0.25, -0.2) is 0 Å². The van der Waals surface area contributed by atoms with Crippen LogP contribution in [-0.4, -0.2) is 83.8 Å². The lowest BCUT2D eigenvalue weighted by Gasteiger charge is -2.37. The van der Waals surface area contributed by atoms with Crippen LogP contribution in [0.15, 0.2) is 78.9 Å². The minimum Gasteiger partial charge on any atom is -0.497 e. The van der Waals surface area contributed by atoms with Crippen molar-refractivity contribution in [3.05, 3.63) is 84.5 Å².